The molecule has 1 fully saturated rings. The highest BCUT2D eigenvalue weighted by molar-refractivity contribution is 6.05. The maximum Gasteiger partial charge on any atom is 0.416 e. The fourth-order valence-corrected chi connectivity index (χ4v) is 4.10. The Labute approximate surface area is 183 Å². The van der Waals surface area contributed by atoms with Crippen LogP contribution in [-0.2, 0) is 17.5 Å². The summed E-state index contributed by atoms with van der Waals surface area (Å²) in [7, 11) is 0. The summed E-state index contributed by atoms with van der Waals surface area (Å²) in [6, 6.07) is 6.54. The predicted molar refractivity (Wildman–Crippen MR) is 113 cm³/mol. The Balaban J connectivity index is 1.50. The second kappa shape index (κ2) is 8.78. The second-order valence-electron chi connectivity index (χ2n) is 7.94. The minimum atomic E-state index is -4.43. The molecular formula is C22H24F3N5O2. The van der Waals surface area contributed by atoms with Crippen molar-refractivity contribution in [2.75, 3.05) is 36.4 Å². The number of nitrogens with one attached hydrogen (secondary N) is 2. The summed E-state index contributed by atoms with van der Waals surface area (Å²) in [5.74, 6) is 0.0443. The van der Waals surface area contributed by atoms with Gasteiger partial charge in [-0.05, 0) is 24.1 Å². The molecule has 0 bridgehead atoms. The minimum absolute atomic E-state index is 0.101. The average molecular weight is 447 g/mol. The quantitative estimate of drug-likeness (QED) is 0.737. The molecule has 1 aromatic heterocycles. The fraction of sp³-hybridized carbons (Fsp3) is 0.409. The van der Waals surface area contributed by atoms with Gasteiger partial charge in [0.15, 0.2) is 5.82 Å². The first-order valence-electron chi connectivity index (χ1n) is 10.5. The number of fused-ring (bicyclic) bond motifs is 3. The lowest BCUT2D eigenvalue weighted by Gasteiger charge is -2.44. The van der Waals surface area contributed by atoms with Crippen molar-refractivity contribution in [1.29, 1.82) is 0 Å². The fourth-order valence-electron chi connectivity index (χ4n) is 4.10. The van der Waals surface area contributed by atoms with E-state index >= 15 is 0 Å². The molecule has 0 radical (unpaired) electrons. The highest BCUT2D eigenvalue weighted by Gasteiger charge is 2.39. The van der Waals surface area contributed by atoms with Crippen molar-refractivity contribution in [3.63, 3.8) is 0 Å². The molecule has 1 unspecified atom stereocenters. The van der Waals surface area contributed by atoms with E-state index in [4.69, 9.17) is 0 Å². The maximum absolute atomic E-state index is 13.3. The molecular weight excluding hydrogens is 423 g/mol. The largest absolute Gasteiger partial charge is 0.416 e. The number of hydrogen-bond acceptors (Lipinski definition) is 5. The van der Waals surface area contributed by atoms with Gasteiger partial charge >= 0.3 is 6.18 Å². The van der Waals surface area contributed by atoms with Crippen LogP contribution in [0.25, 0.3) is 0 Å². The van der Waals surface area contributed by atoms with Crippen LogP contribution < -0.4 is 15.5 Å². The number of amides is 2. The van der Waals surface area contributed by atoms with Gasteiger partial charge < -0.3 is 15.5 Å². The van der Waals surface area contributed by atoms with Crippen molar-refractivity contribution in [3.05, 3.63) is 53.2 Å². The summed E-state index contributed by atoms with van der Waals surface area (Å²) in [4.78, 5) is 33.1. The number of carbonyl (C=O) groups is 2. The third-order valence-electron chi connectivity index (χ3n) is 5.68. The second-order valence-corrected chi connectivity index (χ2v) is 7.94. The number of rotatable bonds is 5. The monoisotopic (exact) mass is 447 g/mol. The maximum atomic E-state index is 13.3. The van der Waals surface area contributed by atoms with Crippen LogP contribution in [0.1, 0.15) is 34.8 Å². The summed E-state index contributed by atoms with van der Waals surface area (Å²) in [5, 5.41) is 5.58. The summed E-state index contributed by atoms with van der Waals surface area (Å²) >= 11 is 0. The molecule has 2 N–H and O–H groups in total. The van der Waals surface area contributed by atoms with Crippen molar-refractivity contribution in [1.82, 2.24) is 15.2 Å². The molecule has 0 saturated carbocycles. The molecule has 3 heterocycles. The van der Waals surface area contributed by atoms with E-state index in [1.807, 2.05) is 16.7 Å². The lowest BCUT2D eigenvalue weighted by atomic mass is 10.0. The number of aromatic nitrogens is 1. The molecule has 2 amide bonds. The zero-order valence-corrected chi connectivity index (χ0v) is 17.6. The van der Waals surface area contributed by atoms with E-state index in [9.17, 15) is 22.8 Å². The molecule has 10 heteroatoms. The molecule has 2 aliphatic heterocycles. The molecule has 1 aromatic carbocycles. The van der Waals surface area contributed by atoms with E-state index < -0.39 is 17.8 Å². The van der Waals surface area contributed by atoms with Crippen LogP contribution in [0, 0.1) is 0 Å². The van der Waals surface area contributed by atoms with Gasteiger partial charge in [0, 0.05) is 38.9 Å². The normalized spacial score (nSPS) is 18.6. The van der Waals surface area contributed by atoms with Crippen molar-refractivity contribution >= 4 is 23.3 Å². The van der Waals surface area contributed by atoms with Crippen LogP contribution in [0.15, 0.2) is 36.5 Å². The van der Waals surface area contributed by atoms with Gasteiger partial charge in [-0.15, -0.1) is 0 Å². The predicted octanol–water partition coefficient (Wildman–Crippen LogP) is 2.88. The number of piperazine rings is 1. The van der Waals surface area contributed by atoms with Crippen molar-refractivity contribution in [3.8, 4) is 0 Å². The van der Waals surface area contributed by atoms with Crippen molar-refractivity contribution in [2.45, 2.75) is 32.1 Å². The molecule has 1 saturated heterocycles. The number of carbonyl (C=O) groups excluding carboxylic acids is 2. The van der Waals surface area contributed by atoms with Crippen LogP contribution in [0.2, 0.25) is 0 Å². The number of anilines is 2. The number of hydrogen-bond donors (Lipinski definition) is 2. The first-order valence-corrected chi connectivity index (χ1v) is 10.5. The summed E-state index contributed by atoms with van der Waals surface area (Å²) in [5.41, 5.74) is 0.354. The molecule has 0 spiro atoms. The van der Waals surface area contributed by atoms with Gasteiger partial charge in [-0.25, -0.2) is 4.98 Å². The highest BCUT2D eigenvalue weighted by atomic mass is 19.4. The average Bonchev–Trinajstić information content (AvgIpc) is 2.77. The van der Waals surface area contributed by atoms with Crippen molar-refractivity contribution in [2.24, 2.45) is 0 Å². The first-order chi connectivity index (χ1) is 15.3. The lowest BCUT2D eigenvalue weighted by Crippen LogP contribution is -2.60. The van der Waals surface area contributed by atoms with Gasteiger partial charge in [0.05, 0.1) is 16.8 Å². The Hall–Kier alpha value is -3.14. The van der Waals surface area contributed by atoms with Crippen LogP contribution in [0.5, 0.6) is 0 Å². The van der Waals surface area contributed by atoms with Crippen LogP contribution in [0.4, 0.5) is 24.7 Å². The summed E-state index contributed by atoms with van der Waals surface area (Å²) in [6.45, 7) is 3.79. The summed E-state index contributed by atoms with van der Waals surface area (Å²) < 4.78 is 40.0. The van der Waals surface area contributed by atoms with Gasteiger partial charge in [0.2, 0.25) is 5.91 Å². The van der Waals surface area contributed by atoms with Crippen LogP contribution in [0.3, 0.4) is 0 Å². The van der Waals surface area contributed by atoms with E-state index in [-0.39, 0.29) is 30.5 Å². The Kier molecular flexibility index (Phi) is 6.05. The van der Waals surface area contributed by atoms with Gasteiger partial charge in [0.25, 0.3) is 5.91 Å². The van der Waals surface area contributed by atoms with E-state index in [2.05, 4.69) is 15.6 Å². The van der Waals surface area contributed by atoms with Gasteiger partial charge in [-0.2, -0.15) is 13.2 Å². The minimum Gasteiger partial charge on any atom is -0.352 e. The molecule has 1 atom stereocenters. The number of nitrogens with zero attached hydrogens (tertiary/aromatic N) is 3. The Morgan fingerprint density at radius 2 is 2.06 bits per heavy atom. The Morgan fingerprint density at radius 1 is 1.28 bits per heavy atom. The van der Waals surface area contributed by atoms with Gasteiger partial charge in [-0.3, -0.25) is 14.5 Å². The van der Waals surface area contributed by atoms with Crippen molar-refractivity contribution < 1.29 is 22.8 Å². The van der Waals surface area contributed by atoms with E-state index in [1.54, 1.807) is 12.1 Å². The van der Waals surface area contributed by atoms with Gasteiger partial charge in [-0.1, -0.05) is 25.1 Å². The number of benzene rings is 1. The molecule has 2 aromatic rings. The third-order valence-corrected chi connectivity index (χ3v) is 5.68. The molecule has 7 nitrogen and oxygen atoms in total. The number of alkyl halides is 3. The van der Waals surface area contributed by atoms with E-state index in [1.165, 1.54) is 18.3 Å². The lowest BCUT2D eigenvalue weighted by molar-refractivity contribution is -0.138. The third kappa shape index (κ3) is 4.40. The van der Waals surface area contributed by atoms with Crippen LogP contribution in [-0.4, -0.2) is 53.9 Å². The van der Waals surface area contributed by atoms with E-state index in [0.717, 1.165) is 12.5 Å². The first kappa shape index (κ1) is 22.1. The smallest absolute Gasteiger partial charge is 0.352 e. The SMILES string of the molecule is CCCNC(=O)c1cnc2c(c1)NC(=O)C1CN(Cc3ccccc3C(F)(F)F)CCN21. The standard InChI is InChI=1S/C22H24F3N5O2/c1-2-7-26-20(31)15-10-17-19(27-11-15)30-9-8-29(13-18(30)21(32)28-17)12-14-5-3-4-6-16(14)22(23,24)25/h3-6,10-11,18H,2,7-9,12-13H2,1H3,(H,26,31)(H,28,32). The summed E-state index contributed by atoms with van der Waals surface area (Å²) in [6.07, 6.45) is -2.14. The molecule has 170 valence electrons. The number of pyridine rings is 1. The topological polar surface area (TPSA) is 77.6 Å². The Morgan fingerprint density at radius 3 is 2.81 bits per heavy atom. The van der Waals surface area contributed by atoms with E-state index in [0.29, 0.717) is 36.7 Å². The molecule has 4 rings (SSSR count). The molecule has 32 heavy (non-hydrogen) atoms. The Bertz CT molecular complexity index is 1030. The highest BCUT2D eigenvalue weighted by Crippen LogP contribution is 2.35. The van der Waals surface area contributed by atoms with Gasteiger partial charge in [0.1, 0.15) is 6.04 Å². The zero-order valence-electron chi connectivity index (χ0n) is 17.6. The number of halogens is 3. The zero-order chi connectivity index (χ0) is 22.9. The molecule has 2 aliphatic rings. The van der Waals surface area contributed by atoms with Crippen LogP contribution >= 0.6 is 0 Å². The molecule has 0 aliphatic carbocycles.